The van der Waals surface area contributed by atoms with Crippen molar-refractivity contribution in [3.05, 3.63) is 59.7 Å². The second-order valence-corrected chi connectivity index (χ2v) is 8.29. The number of aromatic amines is 1. The average molecular weight is 452 g/mol. The number of aromatic nitrogens is 2. The average Bonchev–Trinajstić information content (AvgIpc) is 3.05. The van der Waals surface area contributed by atoms with Crippen molar-refractivity contribution < 1.29 is 39.2 Å². The van der Waals surface area contributed by atoms with E-state index < -0.39 is 55.7 Å². The Labute approximate surface area is 165 Å². The molecule has 1 N–H and O–H groups in total. The Balaban J connectivity index is 2.24. The zero-order valence-electron chi connectivity index (χ0n) is 14.9. The van der Waals surface area contributed by atoms with Crippen LogP contribution in [0.15, 0.2) is 47.4 Å². The van der Waals surface area contributed by atoms with Crippen LogP contribution in [0, 0.1) is 5.82 Å². The molecule has 0 fully saturated rings. The fourth-order valence-electron chi connectivity index (χ4n) is 2.73. The number of alkyl halides is 6. The third-order valence-corrected chi connectivity index (χ3v) is 5.19. The van der Waals surface area contributed by atoms with Gasteiger partial charge in [0, 0.05) is 17.4 Å². The zero-order valence-corrected chi connectivity index (χ0v) is 15.7. The molecule has 4 nitrogen and oxygen atoms in total. The van der Waals surface area contributed by atoms with E-state index in [4.69, 9.17) is 0 Å². The fourth-order valence-corrected chi connectivity index (χ4v) is 3.45. The Morgan fingerprint density at radius 2 is 1.57 bits per heavy atom. The maximum absolute atomic E-state index is 14.2. The molecule has 12 heteroatoms. The molecule has 0 unspecified atom stereocenters. The summed E-state index contributed by atoms with van der Waals surface area (Å²) in [4.78, 5) is 4.63. The lowest BCUT2D eigenvalue weighted by molar-refractivity contribution is -0.144. The van der Waals surface area contributed by atoms with Gasteiger partial charge in [-0.05, 0) is 24.3 Å². The van der Waals surface area contributed by atoms with Gasteiger partial charge in [0.25, 0.3) is 0 Å². The highest BCUT2D eigenvalue weighted by Gasteiger charge is 2.37. The second kappa shape index (κ2) is 7.11. The van der Waals surface area contributed by atoms with Crippen LogP contribution in [0.3, 0.4) is 0 Å². The molecule has 1 aromatic heterocycles. The Kier molecular flexibility index (Phi) is 5.17. The molecule has 0 spiro atoms. The molecule has 0 amide bonds. The number of H-pyrrole nitrogens is 1. The van der Waals surface area contributed by atoms with Crippen LogP contribution in [0.5, 0.6) is 0 Å². The number of nitrogens with zero attached hydrogens (tertiary/aromatic N) is 1. The van der Waals surface area contributed by atoms with Crippen molar-refractivity contribution in [1.82, 2.24) is 9.97 Å². The largest absolute Gasteiger partial charge is 0.449 e. The SMILES string of the molecule is CS(=O)(=O)c1ccc(-c2[nH]c(C(F)(F)F)nc2-c2cccc(C(F)(F)F)c2)cc1F. The predicted octanol–water partition coefficient (Wildman–Crippen LogP) is 5.32. The number of halogens is 7. The highest BCUT2D eigenvalue weighted by Crippen LogP contribution is 2.38. The van der Waals surface area contributed by atoms with Gasteiger partial charge in [-0.25, -0.2) is 17.8 Å². The molecule has 2 aromatic carbocycles. The summed E-state index contributed by atoms with van der Waals surface area (Å²) in [6, 6.07) is 6.02. The van der Waals surface area contributed by atoms with Gasteiger partial charge in [0.15, 0.2) is 9.84 Å². The molecule has 0 radical (unpaired) electrons. The maximum Gasteiger partial charge on any atom is 0.449 e. The molecule has 3 rings (SSSR count). The van der Waals surface area contributed by atoms with Crippen LogP contribution in [0.4, 0.5) is 30.7 Å². The van der Waals surface area contributed by atoms with Gasteiger partial charge in [-0.15, -0.1) is 0 Å². The Morgan fingerprint density at radius 3 is 2.10 bits per heavy atom. The third kappa shape index (κ3) is 4.32. The first kappa shape index (κ1) is 21.8. The topological polar surface area (TPSA) is 62.8 Å². The van der Waals surface area contributed by atoms with Crippen molar-refractivity contribution in [3.63, 3.8) is 0 Å². The van der Waals surface area contributed by atoms with E-state index >= 15 is 0 Å². The van der Waals surface area contributed by atoms with Crippen molar-refractivity contribution in [2.45, 2.75) is 17.2 Å². The van der Waals surface area contributed by atoms with E-state index in [2.05, 4.69) is 4.98 Å². The molecular formula is C18H11F7N2O2S. The lowest BCUT2D eigenvalue weighted by Gasteiger charge is -2.09. The minimum absolute atomic E-state index is 0.227. The van der Waals surface area contributed by atoms with Crippen molar-refractivity contribution >= 4 is 9.84 Å². The fraction of sp³-hybridized carbons (Fsp3) is 0.167. The van der Waals surface area contributed by atoms with Crippen molar-refractivity contribution in [3.8, 4) is 22.5 Å². The number of rotatable bonds is 3. The minimum Gasteiger partial charge on any atom is -0.334 e. The summed E-state index contributed by atoms with van der Waals surface area (Å²) in [5, 5.41) is 0. The van der Waals surface area contributed by atoms with Crippen molar-refractivity contribution in [2.75, 3.05) is 6.26 Å². The van der Waals surface area contributed by atoms with Gasteiger partial charge in [-0.1, -0.05) is 18.2 Å². The lowest BCUT2D eigenvalue weighted by Crippen LogP contribution is -2.07. The van der Waals surface area contributed by atoms with Gasteiger partial charge >= 0.3 is 12.4 Å². The summed E-state index contributed by atoms with van der Waals surface area (Å²) in [6.07, 6.45) is -8.96. The second-order valence-electron chi connectivity index (χ2n) is 6.30. The Hall–Kier alpha value is -2.89. The predicted molar refractivity (Wildman–Crippen MR) is 92.5 cm³/mol. The molecule has 3 aromatic rings. The highest BCUT2D eigenvalue weighted by molar-refractivity contribution is 7.90. The lowest BCUT2D eigenvalue weighted by atomic mass is 10.0. The summed E-state index contributed by atoms with van der Waals surface area (Å²) in [5.41, 5.74) is -2.55. The van der Waals surface area contributed by atoms with Crippen LogP contribution in [-0.2, 0) is 22.2 Å². The van der Waals surface area contributed by atoms with E-state index in [-0.39, 0.29) is 11.1 Å². The minimum atomic E-state index is -4.96. The van der Waals surface area contributed by atoms with Crippen LogP contribution in [0.1, 0.15) is 11.4 Å². The summed E-state index contributed by atoms with van der Waals surface area (Å²) < 4.78 is 116. The third-order valence-electron chi connectivity index (χ3n) is 4.06. The van der Waals surface area contributed by atoms with E-state index in [1.165, 1.54) is 0 Å². The van der Waals surface area contributed by atoms with E-state index in [9.17, 15) is 39.2 Å². The van der Waals surface area contributed by atoms with Gasteiger partial charge < -0.3 is 4.98 Å². The summed E-state index contributed by atoms with van der Waals surface area (Å²) in [6.45, 7) is 0. The normalized spacial score (nSPS) is 12.9. The van der Waals surface area contributed by atoms with Gasteiger partial charge in [0.05, 0.1) is 17.0 Å². The quantitative estimate of drug-likeness (QED) is 0.547. The van der Waals surface area contributed by atoms with Crippen LogP contribution in [0.25, 0.3) is 22.5 Å². The standard InChI is InChI=1S/C18H11F7N2O2S/c1-30(28,29)13-6-5-10(8-12(13)19)15-14(26-16(27-15)18(23,24)25)9-3-2-4-11(7-9)17(20,21)22/h2-8H,1H3,(H,26,27). The van der Waals surface area contributed by atoms with Gasteiger partial charge in [-0.2, -0.15) is 26.3 Å². The monoisotopic (exact) mass is 452 g/mol. The van der Waals surface area contributed by atoms with E-state index in [0.717, 1.165) is 36.6 Å². The Morgan fingerprint density at radius 1 is 0.900 bits per heavy atom. The summed E-state index contributed by atoms with van der Waals surface area (Å²) in [5.74, 6) is -2.73. The highest BCUT2D eigenvalue weighted by atomic mass is 32.2. The number of nitrogens with one attached hydrogen (secondary N) is 1. The van der Waals surface area contributed by atoms with Gasteiger partial charge in [0.2, 0.25) is 5.82 Å². The molecule has 0 bridgehead atoms. The van der Waals surface area contributed by atoms with Crippen molar-refractivity contribution in [1.29, 1.82) is 0 Å². The molecule has 0 aliphatic carbocycles. The first-order chi connectivity index (χ1) is 13.7. The molecule has 1 heterocycles. The molecule has 0 aliphatic heterocycles. The number of sulfone groups is 1. The molecule has 0 atom stereocenters. The molecule has 0 saturated carbocycles. The van der Waals surface area contributed by atoms with E-state index in [1.54, 1.807) is 0 Å². The number of imidazole rings is 1. The van der Waals surface area contributed by atoms with E-state index in [0.29, 0.717) is 12.1 Å². The molecular weight excluding hydrogens is 441 g/mol. The number of benzene rings is 2. The molecule has 0 saturated heterocycles. The first-order valence-electron chi connectivity index (χ1n) is 8.03. The van der Waals surface area contributed by atoms with Gasteiger partial charge in [0.1, 0.15) is 10.7 Å². The Bertz CT molecular complexity index is 1210. The van der Waals surface area contributed by atoms with Crippen LogP contribution >= 0.6 is 0 Å². The maximum atomic E-state index is 14.2. The van der Waals surface area contributed by atoms with Crippen LogP contribution in [0.2, 0.25) is 0 Å². The molecule has 0 aliphatic rings. The van der Waals surface area contributed by atoms with E-state index in [1.807, 2.05) is 4.98 Å². The van der Waals surface area contributed by atoms with Crippen LogP contribution in [-0.4, -0.2) is 24.6 Å². The first-order valence-corrected chi connectivity index (χ1v) is 9.92. The number of hydrogen-bond acceptors (Lipinski definition) is 3. The van der Waals surface area contributed by atoms with Crippen LogP contribution < -0.4 is 0 Å². The zero-order chi connectivity index (χ0) is 22.5. The summed E-state index contributed by atoms with van der Waals surface area (Å²) in [7, 11) is -3.94. The molecule has 160 valence electrons. The number of hydrogen-bond donors (Lipinski definition) is 1. The smallest absolute Gasteiger partial charge is 0.334 e. The summed E-state index contributed by atoms with van der Waals surface area (Å²) >= 11 is 0. The van der Waals surface area contributed by atoms with Gasteiger partial charge in [-0.3, -0.25) is 0 Å². The van der Waals surface area contributed by atoms with Crippen molar-refractivity contribution in [2.24, 2.45) is 0 Å². The molecule has 30 heavy (non-hydrogen) atoms.